The van der Waals surface area contributed by atoms with Crippen molar-refractivity contribution in [2.75, 3.05) is 27.4 Å². The molecule has 0 bridgehead atoms. The topological polar surface area (TPSA) is 48.0 Å². The van der Waals surface area contributed by atoms with Gasteiger partial charge in [0.2, 0.25) is 0 Å². The number of hydrogen-bond acceptors (Lipinski definition) is 4. The highest BCUT2D eigenvalue weighted by molar-refractivity contribution is 5.78. The second-order valence-corrected chi connectivity index (χ2v) is 6.91. The average Bonchev–Trinajstić information content (AvgIpc) is 3.16. The Morgan fingerprint density at radius 3 is 2.59 bits per heavy atom. The summed E-state index contributed by atoms with van der Waals surface area (Å²) in [5, 5.41) is 0. The number of benzene rings is 2. The van der Waals surface area contributed by atoms with Crippen LogP contribution < -0.4 is 14.2 Å². The van der Waals surface area contributed by atoms with Gasteiger partial charge in [0, 0.05) is 18.2 Å². The van der Waals surface area contributed by atoms with Gasteiger partial charge < -0.3 is 19.1 Å². The van der Waals surface area contributed by atoms with Gasteiger partial charge >= 0.3 is 0 Å². The molecule has 0 N–H and O–H groups in total. The lowest BCUT2D eigenvalue weighted by Crippen LogP contribution is -2.34. The summed E-state index contributed by atoms with van der Waals surface area (Å²) in [5.41, 5.74) is 3.23. The summed E-state index contributed by atoms with van der Waals surface area (Å²) in [5.74, 6) is 2.24. The molecule has 5 heteroatoms. The van der Waals surface area contributed by atoms with Crippen molar-refractivity contribution in [1.82, 2.24) is 4.90 Å². The summed E-state index contributed by atoms with van der Waals surface area (Å²) in [4.78, 5) is 14.7. The van der Waals surface area contributed by atoms with Gasteiger partial charge in [-0.05, 0) is 50.5 Å². The Balaban J connectivity index is 1.73. The molecule has 1 amide bonds. The molecular weight excluding hydrogens is 342 g/mol. The van der Waals surface area contributed by atoms with E-state index in [0.29, 0.717) is 0 Å². The summed E-state index contributed by atoms with van der Waals surface area (Å²) in [6.45, 7) is 4.81. The van der Waals surface area contributed by atoms with Crippen LogP contribution in [0.25, 0.3) is 0 Å². The first-order valence-electron chi connectivity index (χ1n) is 9.25. The molecule has 1 fully saturated rings. The van der Waals surface area contributed by atoms with Crippen LogP contribution in [0.15, 0.2) is 36.4 Å². The molecular formula is C22H27NO4. The number of likely N-dealkylation sites (tertiary alicyclic amines) is 1. The maximum Gasteiger partial charge on any atom is 0.261 e. The van der Waals surface area contributed by atoms with Crippen molar-refractivity contribution in [3.05, 3.63) is 53.1 Å². The fourth-order valence-electron chi connectivity index (χ4n) is 3.67. The standard InChI is InChI=1S/C22H27NO4/c1-15-7-10-20(16(2)12-15)27-14-22(24)23-11-5-6-19(23)18-9-8-17(25-3)13-21(18)26-4/h7-10,12-13,19H,5-6,11,14H2,1-4H3/t19-/m0/s1. The van der Waals surface area contributed by atoms with Crippen LogP contribution in [0, 0.1) is 13.8 Å². The molecule has 27 heavy (non-hydrogen) atoms. The Morgan fingerprint density at radius 2 is 1.89 bits per heavy atom. The van der Waals surface area contributed by atoms with Crippen LogP contribution in [0.4, 0.5) is 0 Å². The van der Waals surface area contributed by atoms with Crippen LogP contribution in [-0.4, -0.2) is 38.2 Å². The average molecular weight is 369 g/mol. The lowest BCUT2D eigenvalue weighted by Gasteiger charge is -2.26. The van der Waals surface area contributed by atoms with Gasteiger partial charge in [-0.2, -0.15) is 0 Å². The van der Waals surface area contributed by atoms with Crippen LogP contribution >= 0.6 is 0 Å². The Bertz CT molecular complexity index is 818. The SMILES string of the molecule is COc1ccc([C@@H]2CCCN2C(=O)COc2ccc(C)cc2C)c(OC)c1. The highest BCUT2D eigenvalue weighted by atomic mass is 16.5. The van der Waals surface area contributed by atoms with E-state index in [1.165, 1.54) is 5.56 Å². The molecule has 1 aliphatic heterocycles. The molecule has 0 saturated carbocycles. The van der Waals surface area contributed by atoms with E-state index in [1.54, 1.807) is 14.2 Å². The van der Waals surface area contributed by atoms with Crippen LogP contribution in [0.2, 0.25) is 0 Å². The van der Waals surface area contributed by atoms with E-state index in [0.717, 1.165) is 47.8 Å². The zero-order chi connectivity index (χ0) is 19.4. The highest BCUT2D eigenvalue weighted by Gasteiger charge is 2.32. The van der Waals surface area contributed by atoms with E-state index in [-0.39, 0.29) is 18.6 Å². The molecule has 1 saturated heterocycles. The molecule has 0 aliphatic carbocycles. The van der Waals surface area contributed by atoms with Gasteiger partial charge in [0.25, 0.3) is 5.91 Å². The number of aryl methyl sites for hydroxylation is 2. The minimum absolute atomic E-state index is 0.000992. The lowest BCUT2D eigenvalue weighted by molar-refractivity contribution is -0.134. The molecule has 2 aromatic carbocycles. The first-order chi connectivity index (χ1) is 13.0. The smallest absolute Gasteiger partial charge is 0.261 e. The third-order valence-corrected chi connectivity index (χ3v) is 5.05. The Labute approximate surface area is 160 Å². The van der Waals surface area contributed by atoms with Crippen LogP contribution in [0.1, 0.15) is 35.6 Å². The Hall–Kier alpha value is -2.69. The molecule has 2 aromatic rings. The predicted molar refractivity (Wildman–Crippen MR) is 105 cm³/mol. The van der Waals surface area contributed by atoms with Gasteiger partial charge in [0.1, 0.15) is 17.2 Å². The number of ether oxygens (including phenoxy) is 3. The van der Waals surface area contributed by atoms with E-state index >= 15 is 0 Å². The maximum absolute atomic E-state index is 12.8. The third-order valence-electron chi connectivity index (χ3n) is 5.05. The van der Waals surface area contributed by atoms with Gasteiger partial charge in [-0.1, -0.05) is 17.7 Å². The van der Waals surface area contributed by atoms with Crippen molar-refractivity contribution in [2.24, 2.45) is 0 Å². The maximum atomic E-state index is 12.8. The van der Waals surface area contributed by atoms with Crippen molar-refractivity contribution in [3.8, 4) is 17.2 Å². The molecule has 144 valence electrons. The number of hydrogen-bond donors (Lipinski definition) is 0. The number of carbonyl (C=O) groups is 1. The van der Waals surface area contributed by atoms with Gasteiger partial charge in [0.15, 0.2) is 6.61 Å². The van der Waals surface area contributed by atoms with Crippen molar-refractivity contribution in [1.29, 1.82) is 0 Å². The van der Waals surface area contributed by atoms with Gasteiger partial charge in [-0.3, -0.25) is 4.79 Å². The molecule has 1 atom stereocenters. The minimum Gasteiger partial charge on any atom is -0.497 e. The molecule has 0 aromatic heterocycles. The molecule has 1 aliphatic rings. The second-order valence-electron chi connectivity index (χ2n) is 6.91. The Kier molecular flexibility index (Phi) is 5.89. The van der Waals surface area contributed by atoms with Gasteiger partial charge in [-0.25, -0.2) is 0 Å². The highest BCUT2D eigenvalue weighted by Crippen LogP contribution is 2.38. The number of methoxy groups -OCH3 is 2. The minimum atomic E-state index is -0.00431. The lowest BCUT2D eigenvalue weighted by atomic mass is 10.0. The molecule has 0 spiro atoms. The number of amides is 1. The van der Waals surface area contributed by atoms with Crippen LogP contribution in [-0.2, 0) is 4.79 Å². The van der Waals surface area contributed by atoms with Crippen molar-refractivity contribution < 1.29 is 19.0 Å². The van der Waals surface area contributed by atoms with Crippen LogP contribution in [0.5, 0.6) is 17.2 Å². The molecule has 0 unspecified atom stereocenters. The fraction of sp³-hybridized carbons (Fsp3) is 0.409. The van der Waals surface area contributed by atoms with E-state index < -0.39 is 0 Å². The fourth-order valence-corrected chi connectivity index (χ4v) is 3.67. The molecule has 1 heterocycles. The van der Waals surface area contributed by atoms with E-state index in [9.17, 15) is 4.79 Å². The molecule has 0 radical (unpaired) electrons. The third kappa shape index (κ3) is 4.18. The van der Waals surface area contributed by atoms with Crippen molar-refractivity contribution in [3.63, 3.8) is 0 Å². The quantitative estimate of drug-likeness (QED) is 0.770. The summed E-state index contributed by atoms with van der Waals surface area (Å²) in [6.07, 6.45) is 1.88. The molecule has 3 rings (SSSR count). The Morgan fingerprint density at radius 1 is 1.07 bits per heavy atom. The first-order valence-corrected chi connectivity index (χ1v) is 9.25. The van der Waals surface area contributed by atoms with Crippen molar-refractivity contribution >= 4 is 5.91 Å². The number of nitrogens with zero attached hydrogens (tertiary/aromatic N) is 1. The largest absolute Gasteiger partial charge is 0.497 e. The predicted octanol–water partition coefficient (Wildman–Crippen LogP) is 4.06. The zero-order valence-corrected chi connectivity index (χ0v) is 16.5. The second kappa shape index (κ2) is 8.33. The summed E-state index contributed by atoms with van der Waals surface area (Å²) < 4.78 is 16.6. The van der Waals surface area contributed by atoms with Gasteiger partial charge in [-0.15, -0.1) is 0 Å². The molecule has 5 nitrogen and oxygen atoms in total. The zero-order valence-electron chi connectivity index (χ0n) is 16.5. The summed E-state index contributed by atoms with van der Waals surface area (Å²) in [6, 6.07) is 11.7. The summed E-state index contributed by atoms with van der Waals surface area (Å²) >= 11 is 0. The van der Waals surface area contributed by atoms with Gasteiger partial charge in [0.05, 0.1) is 20.3 Å². The van der Waals surface area contributed by atoms with E-state index in [4.69, 9.17) is 14.2 Å². The first kappa shape index (κ1) is 19.1. The number of carbonyl (C=O) groups excluding carboxylic acids is 1. The van der Waals surface area contributed by atoms with E-state index in [2.05, 4.69) is 6.07 Å². The number of rotatable bonds is 6. The summed E-state index contributed by atoms with van der Waals surface area (Å²) in [7, 11) is 3.27. The van der Waals surface area contributed by atoms with Crippen molar-refractivity contribution in [2.45, 2.75) is 32.7 Å². The monoisotopic (exact) mass is 369 g/mol. The normalized spacial score (nSPS) is 16.3. The van der Waals surface area contributed by atoms with Crippen LogP contribution in [0.3, 0.4) is 0 Å². The van der Waals surface area contributed by atoms with E-state index in [1.807, 2.05) is 49.1 Å².